The largest absolute Gasteiger partial charge is 0.467 e. The van der Waals surface area contributed by atoms with Crippen LogP contribution in [0.4, 0.5) is 0 Å². The van der Waals surface area contributed by atoms with Crippen LogP contribution in [0.5, 0.6) is 0 Å². The van der Waals surface area contributed by atoms with Crippen LogP contribution in [-0.4, -0.2) is 34.3 Å². The maximum Gasteiger partial charge on any atom is 0.332 e. The normalized spacial score (nSPS) is 22.6. The average molecular weight is 302 g/mol. The van der Waals surface area contributed by atoms with Crippen molar-refractivity contribution >= 4 is 35.1 Å². The van der Waals surface area contributed by atoms with Gasteiger partial charge in [-0.05, 0) is 12.5 Å². The summed E-state index contributed by atoms with van der Waals surface area (Å²) in [6.07, 6.45) is 0. The number of hydrogen-bond donors (Lipinski definition) is 0. The summed E-state index contributed by atoms with van der Waals surface area (Å²) in [6, 6.07) is 8.05. The summed E-state index contributed by atoms with van der Waals surface area (Å²) in [4.78, 5) is 25.0. The Hall–Kier alpha value is -1.26. The third-order valence-electron chi connectivity index (χ3n) is 3.26. The zero-order chi connectivity index (χ0) is 14.2. The molecule has 1 aromatic rings. The third kappa shape index (κ3) is 2.19. The lowest BCUT2D eigenvalue weighted by Gasteiger charge is -2.50. The summed E-state index contributed by atoms with van der Waals surface area (Å²) >= 11 is 11.8. The van der Waals surface area contributed by atoms with Gasteiger partial charge in [-0.3, -0.25) is 4.79 Å². The molecule has 0 aliphatic carbocycles. The second-order valence-corrected chi connectivity index (χ2v) is 5.73. The number of alkyl halides is 2. The summed E-state index contributed by atoms with van der Waals surface area (Å²) in [5.41, 5.74) is 0.897. The standard InChI is InChI=1S/C13H13Cl2NO3/c1-8(9-6-4-3-5-7-9)16-10(11(17)19-2)13(14,15)12(16)18/h3-8,10H,1-2H3/t8?,10-/m1/s1. The smallest absolute Gasteiger partial charge is 0.332 e. The van der Waals surface area contributed by atoms with Crippen molar-refractivity contribution in [2.75, 3.05) is 7.11 Å². The number of methoxy groups -OCH3 is 1. The number of nitrogens with zero attached hydrogens (tertiary/aromatic N) is 1. The van der Waals surface area contributed by atoms with Crippen molar-refractivity contribution in [2.45, 2.75) is 23.3 Å². The molecule has 1 aliphatic heterocycles. The van der Waals surface area contributed by atoms with E-state index in [1.165, 1.54) is 12.0 Å². The number of benzene rings is 1. The van der Waals surface area contributed by atoms with Gasteiger partial charge in [-0.25, -0.2) is 4.79 Å². The Balaban J connectivity index is 2.29. The third-order valence-corrected chi connectivity index (χ3v) is 4.00. The van der Waals surface area contributed by atoms with Crippen LogP contribution < -0.4 is 0 Å². The average Bonchev–Trinajstić information content (AvgIpc) is 2.43. The van der Waals surface area contributed by atoms with E-state index >= 15 is 0 Å². The van der Waals surface area contributed by atoms with Crippen LogP contribution in [0.15, 0.2) is 30.3 Å². The molecule has 0 saturated carbocycles. The lowest BCUT2D eigenvalue weighted by molar-refractivity contribution is -0.168. The lowest BCUT2D eigenvalue weighted by atomic mass is 9.94. The highest BCUT2D eigenvalue weighted by atomic mass is 35.5. The second-order valence-electron chi connectivity index (χ2n) is 4.35. The minimum Gasteiger partial charge on any atom is -0.467 e. The van der Waals surface area contributed by atoms with Crippen LogP contribution in [-0.2, 0) is 14.3 Å². The number of hydrogen-bond acceptors (Lipinski definition) is 3. The van der Waals surface area contributed by atoms with Crippen LogP contribution in [0.3, 0.4) is 0 Å². The Labute approximate surface area is 121 Å². The van der Waals surface area contributed by atoms with E-state index < -0.39 is 22.3 Å². The zero-order valence-electron chi connectivity index (χ0n) is 10.5. The SMILES string of the molecule is COC(=O)[C@H]1N(C(C)c2ccccc2)C(=O)C1(Cl)Cl. The Kier molecular flexibility index (Phi) is 3.74. The number of carbonyl (C=O) groups excluding carboxylic acids is 2. The van der Waals surface area contributed by atoms with Gasteiger partial charge in [0.15, 0.2) is 6.04 Å². The van der Waals surface area contributed by atoms with E-state index in [0.29, 0.717) is 0 Å². The maximum atomic E-state index is 12.0. The van der Waals surface area contributed by atoms with Crippen molar-refractivity contribution in [3.8, 4) is 0 Å². The molecule has 0 radical (unpaired) electrons. The predicted molar refractivity (Wildman–Crippen MR) is 71.9 cm³/mol. The molecule has 1 unspecified atom stereocenters. The lowest BCUT2D eigenvalue weighted by Crippen LogP contribution is -2.71. The molecule has 1 heterocycles. The first kappa shape index (κ1) is 14.2. The molecule has 1 aliphatic rings. The molecule has 1 saturated heterocycles. The molecule has 0 spiro atoms. The van der Waals surface area contributed by atoms with Crippen molar-refractivity contribution in [1.82, 2.24) is 4.90 Å². The van der Waals surface area contributed by atoms with Gasteiger partial charge in [-0.15, -0.1) is 0 Å². The van der Waals surface area contributed by atoms with Gasteiger partial charge in [0.2, 0.25) is 4.33 Å². The minimum absolute atomic E-state index is 0.302. The predicted octanol–water partition coefficient (Wildman–Crippen LogP) is 2.31. The van der Waals surface area contributed by atoms with Crippen molar-refractivity contribution in [3.63, 3.8) is 0 Å². The molecule has 19 heavy (non-hydrogen) atoms. The quantitative estimate of drug-likeness (QED) is 0.489. The summed E-state index contributed by atoms with van der Waals surface area (Å²) in [7, 11) is 1.24. The maximum absolute atomic E-state index is 12.0. The van der Waals surface area contributed by atoms with Crippen LogP contribution in [0.1, 0.15) is 18.5 Å². The van der Waals surface area contributed by atoms with Gasteiger partial charge in [0.05, 0.1) is 13.2 Å². The number of likely N-dealkylation sites (tertiary alicyclic amines) is 1. The molecule has 0 N–H and O–H groups in total. The molecule has 102 valence electrons. The fourth-order valence-electron chi connectivity index (χ4n) is 2.18. The summed E-state index contributed by atoms with van der Waals surface area (Å²) in [5, 5.41) is 0. The van der Waals surface area contributed by atoms with Crippen LogP contribution >= 0.6 is 23.2 Å². The number of amides is 1. The van der Waals surface area contributed by atoms with Crippen molar-refractivity contribution < 1.29 is 14.3 Å². The monoisotopic (exact) mass is 301 g/mol. The van der Waals surface area contributed by atoms with E-state index in [2.05, 4.69) is 4.74 Å². The van der Waals surface area contributed by atoms with Crippen LogP contribution in [0, 0.1) is 0 Å². The number of ether oxygens (including phenoxy) is 1. The molecule has 1 amide bonds. The van der Waals surface area contributed by atoms with E-state index in [0.717, 1.165) is 5.56 Å². The highest BCUT2D eigenvalue weighted by Crippen LogP contribution is 2.45. The number of esters is 1. The van der Waals surface area contributed by atoms with E-state index in [4.69, 9.17) is 23.2 Å². The zero-order valence-corrected chi connectivity index (χ0v) is 12.0. The molecule has 6 heteroatoms. The second kappa shape index (κ2) is 5.02. The van der Waals surface area contributed by atoms with Crippen LogP contribution in [0.2, 0.25) is 0 Å². The highest BCUT2D eigenvalue weighted by molar-refractivity contribution is 6.61. The van der Waals surface area contributed by atoms with E-state index in [1.54, 1.807) is 0 Å². The van der Waals surface area contributed by atoms with Gasteiger partial charge in [0.25, 0.3) is 5.91 Å². The molecule has 2 atom stereocenters. The van der Waals surface area contributed by atoms with Gasteiger partial charge >= 0.3 is 5.97 Å². The van der Waals surface area contributed by atoms with Gasteiger partial charge < -0.3 is 9.64 Å². The summed E-state index contributed by atoms with van der Waals surface area (Å²) in [5.74, 6) is -1.10. The Morgan fingerprint density at radius 2 is 1.95 bits per heavy atom. The van der Waals surface area contributed by atoms with Gasteiger partial charge in [-0.2, -0.15) is 0 Å². The number of carbonyl (C=O) groups is 2. The Morgan fingerprint density at radius 3 is 2.47 bits per heavy atom. The molecule has 0 aromatic heterocycles. The molecule has 0 bridgehead atoms. The van der Waals surface area contributed by atoms with Crippen molar-refractivity contribution in [2.24, 2.45) is 0 Å². The summed E-state index contributed by atoms with van der Waals surface area (Å²) < 4.78 is 2.91. The molecule has 2 rings (SSSR count). The number of rotatable bonds is 3. The number of β-lactam (4-membered cyclic amide) rings is 1. The van der Waals surface area contributed by atoms with Gasteiger partial charge in [0, 0.05) is 0 Å². The van der Waals surface area contributed by atoms with Crippen molar-refractivity contribution in [3.05, 3.63) is 35.9 Å². The Morgan fingerprint density at radius 1 is 1.37 bits per heavy atom. The summed E-state index contributed by atoms with van der Waals surface area (Å²) in [6.45, 7) is 1.81. The van der Waals surface area contributed by atoms with E-state index in [9.17, 15) is 9.59 Å². The first-order valence-corrected chi connectivity index (χ1v) is 6.50. The molecular formula is C13H13Cl2NO3. The fourth-order valence-corrected chi connectivity index (χ4v) is 2.76. The van der Waals surface area contributed by atoms with Crippen molar-refractivity contribution in [1.29, 1.82) is 0 Å². The topological polar surface area (TPSA) is 46.6 Å². The molecule has 4 nitrogen and oxygen atoms in total. The first-order chi connectivity index (χ1) is 8.91. The highest BCUT2D eigenvalue weighted by Gasteiger charge is 2.64. The molecule has 1 fully saturated rings. The molecular weight excluding hydrogens is 289 g/mol. The fraction of sp³-hybridized carbons (Fsp3) is 0.385. The van der Waals surface area contributed by atoms with Gasteiger partial charge in [0.1, 0.15) is 0 Å². The van der Waals surface area contributed by atoms with E-state index in [-0.39, 0.29) is 6.04 Å². The van der Waals surface area contributed by atoms with Crippen LogP contribution in [0.25, 0.3) is 0 Å². The van der Waals surface area contributed by atoms with Gasteiger partial charge in [-0.1, -0.05) is 53.5 Å². The minimum atomic E-state index is -1.74. The first-order valence-electron chi connectivity index (χ1n) is 5.74. The Bertz CT molecular complexity index is 504. The van der Waals surface area contributed by atoms with E-state index in [1.807, 2.05) is 37.3 Å². The molecule has 1 aromatic carbocycles. The number of halogens is 2.